The van der Waals surface area contributed by atoms with Gasteiger partial charge in [0.15, 0.2) is 6.10 Å². The van der Waals surface area contributed by atoms with Gasteiger partial charge in [0.2, 0.25) is 5.91 Å². The van der Waals surface area contributed by atoms with Gasteiger partial charge in [-0.25, -0.2) is 0 Å². The van der Waals surface area contributed by atoms with Crippen LogP contribution in [0.4, 0.5) is 5.69 Å². The van der Waals surface area contributed by atoms with Crippen molar-refractivity contribution in [2.45, 2.75) is 39.2 Å². The van der Waals surface area contributed by atoms with Crippen LogP contribution in [0.5, 0.6) is 11.5 Å². The molecule has 0 aliphatic carbocycles. The number of nitrogens with zero attached hydrogens (tertiary/aromatic N) is 1. The molecule has 0 saturated carbocycles. The number of nitrogens with one attached hydrogen (secondary N) is 2. The highest BCUT2D eigenvalue weighted by Gasteiger charge is 2.20. The van der Waals surface area contributed by atoms with Crippen LogP contribution in [0.1, 0.15) is 43.5 Å². The maximum atomic E-state index is 12.3. The number of amides is 3. The van der Waals surface area contributed by atoms with E-state index in [-0.39, 0.29) is 5.91 Å². The van der Waals surface area contributed by atoms with E-state index in [1.807, 2.05) is 6.92 Å². The minimum atomic E-state index is -0.814. The SMILES string of the molecule is CCOc1ccc(OC(C)C(=O)NNC(=O)c2ccc(N3CCCCC3=O)cc2)cc1. The van der Waals surface area contributed by atoms with Crippen LogP contribution in [0.3, 0.4) is 0 Å². The minimum absolute atomic E-state index is 0.0947. The lowest BCUT2D eigenvalue weighted by atomic mass is 10.1. The molecule has 1 unspecified atom stereocenters. The third-order valence-corrected chi connectivity index (χ3v) is 4.88. The first kappa shape index (κ1) is 22.1. The van der Waals surface area contributed by atoms with Crippen LogP contribution in [0.2, 0.25) is 0 Å². The van der Waals surface area contributed by atoms with E-state index >= 15 is 0 Å². The first-order valence-corrected chi connectivity index (χ1v) is 10.4. The van der Waals surface area contributed by atoms with Crippen LogP contribution in [-0.4, -0.2) is 37.0 Å². The topological polar surface area (TPSA) is 97.0 Å². The zero-order valence-corrected chi connectivity index (χ0v) is 17.7. The number of ether oxygens (including phenoxy) is 2. The number of carbonyl (C=O) groups is 3. The number of hydrogen-bond acceptors (Lipinski definition) is 5. The zero-order chi connectivity index (χ0) is 22.2. The normalized spacial score (nSPS) is 14.5. The summed E-state index contributed by atoms with van der Waals surface area (Å²) < 4.78 is 10.9. The van der Waals surface area contributed by atoms with Crippen molar-refractivity contribution in [2.75, 3.05) is 18.1 Å². The largest absolute Gasteiger partial charge is 0.494 e. The Labute approximate surface area is 181 Å². The Balaban J connectivity index is 1.49. The van der Waals surface area contributed by atoms with Gasteiger partial charge in [-0.3, -0.25) is 25.2 Å². The molecule has 2 N–H and O–H groups in total. The molecule has 8 nitrogen and oxygen atoms in total. The van der Waals surface area contributed by atoms with Gasteiger partial charge < -0.3 is 14.4 Å². The van der Waals surface area contributed by atoms with Crippen molar-refractivity contribution in [1.29, 1.82) is 0 Å². The van der Waals surface area contributed by atoms with Gasteiger partial charge >= 0.3 is 0 Å². The Hall–Kier alpha value is -3.55. The molecule has 164 valence electrons. The predicted molar refractivity (Wildman–Crippen MR) is 116 cm³/mol. The fourth-order valence-corrected chi connectivity index (χ4v) is 3.20. The van der Waals surface area contributed by atoms with Crippen molar-refractivity contribution in [3.05, 3.63) is 54.1 Å². The van der Waals surface area contributed by atoms with Crippen LogP contribution in [-0.2, 0) is 9.59 Å². The smallest absolute Gasteiger partial charge is 0.279 e. The van der Waals surface area contributed by atoms with Crippen molar-refractivity contribution in [2.24, 2.45) is 0 Å². The number of rotatable bonds is 7. The average Bonchev–Trinajstić information content (AvgIpc) is 2.79. The summed E-state index contributed by atoms with van der Waals surface area (Å²) in [5, 5.41) is 0. The van der Waals surface area contributed by atoms with E-state index in [0.29, 0.717) is 30.9 Å². The molecule has 1 aliphatic rings. The van der Waals surface area contributed by atoms with Gasteiger partial charge in [0, 0.05) is 24.2 Å². The van der Waals surface area contributed by atoms with E-state index in [1.54, 1.807) is 60.4 Å². The van der Waals surface area contributed by atoms with E-state index < -0.39 is 17.9 Å². The molecule has 0 aromatic heterocycles. The van der Waals surface area contributed by atoms with E-state index in [9.17, 15) is 14.4 Å². The Bertz CT molecular complexity index is 912. The lowest BCUT2D eigenvalue weighted by Crippen LogP contribution is -2.47. The highest BCUT2D eigenvalue weighted by molar-refractivity contribution is 5.97. The van der Waals surface area contributed by atoms with Crippen LogP contribution >= 0.6 is 0 Å². The summed E-state index contributed by atoms with van der Waals surface area (Å²) in [7, 11) is 0. The lowest BCUT2D eigenvalue weighted by molar-refractivity contribution is -0.128. The van der Waals surface area contributed by atoms with Crippen molar-refractivity contribution < 1.29 is 23.9 Å². The third-order valence-electron chi connectivity index (χ3n) is 4.88. The number of hydrogen-bond donors (Lipinski definition) is 2. The summed E-state index contributed by atoms with van der Waals surface area (Å²) in [5.41, 5.74) is 5.88. The molecule has 3 amide bonds. The quantitative estimate of drug-likeness (QED) is 0.665. The molecule has 8 heteroatoms. The standard InChI is InChI=1S/C23H27N3O5/c1-3-30-19-11-13-20(14-12-19)31-16(2)22(28)24-25-23(29)17-7-9-18(10-8-17)26-15-5-4-6-21(26)27/h7-14,16H,3-6,15H2,1-2H3,(H,24,28)(H,25,29). The Morgan fingerprint density at radius 3 is 2.32 bits per heavy atom. The second kappa shape index (κ2) is 10.5. The maximum Gasteiger partial charge on any atom is 0.279 e. The molecule has 0 spiro atoms. The lowest BCUT2D eigenvalue weighted by Gasteiger charge is -2.26. The fourth-order valence-electron chi connectivity index (χ4n) is 3.20. The molecule has 0 radical (unpaired) electrons. The maximum absolute atomic E-state index is 12.3. The van der Waals surface area contributed by atoms with E-state index in [4.69, 9.17) is 9.47 Å². The molecular weight excluding hydrogens is 398 g/mol. The number of anilines is 1. The summed E-state index contributed by atoms with van der Waals surface area (Å²) in [4.78, 5) is 38.3. The number of carbonyl (C=O) groups excluding carboxylic acids is 3. The van der Waals surface area contributed by atoms with Crippen molar-refractivity contribution >= 4 is 23.4 Å². The van der Waals surface area contributed by atoms with Gasteiger partial charge in [-0.2, -0.15) is 0 Å². The van der Waals surface area contributed by atoms with Crippen LogP contribution in [0, 0.1) is 0 Å². The molecular formula is C23H27N3O5. The summed E-state index contributed by atoms with van der Waals surface area (Å²) >= 11 is 0. The average molecular weight is 425 g/mol. The number of hydrazine groups is 1. The van der Waals surface area contributed by atoms with Gasteiger partial charge in [0.25, 0.3) is 11.8 Å². The molecule has 2 aromatic rings. The summed E-state index contributed by atoms with van der Waals surface area (Å²) in [5.74, 6) is 0.378. The van der Waals surface area contributed by atoms with Gasteiger partial charge in [-0.05, 0) is 75.2 Å². The molecule has 31 heavy (non-hydrogen) atoms. The minimum Gasteiger partial charge on any atom is -0.494 e. The highest BCUT2D eigenvalue weighted by Crippen LogP contribution is 2.21. The first-order valence-electron chi connectivity index (χ1n) is 10.4. The summed E-state index contributed by atoms with van der Waals surface area (Å²) in [6.07, 6.45) is 1.61. The molecule has 0 bridgehead atoms. The highest BCUT2D eigenvalue weighted by atomic mass is 16.5. The number of benzene rings is 2. The van der Waals surface area contributed by atoms with Crippen molar-refractivity contribution in [1.82, 2.24) is 10.9 Å². The Morgan fingerprint density at radius 2 is 1.68 bits per heavy atom. The van der Waals surface area contributed by atoms with Gasteiger partial charge in [-0.1, -0.05) is 0 Å². The van der Waals surface area contributed by atoms with Crippen LogP contribution in [0.25, 0.3) is 0 Å². The molecule has 1 heterocycles. The predicted octanol–water partition coefficient (Wildman–Crippen LogP) is 2.83. The fraction of sp³-hybridized carbons (Fsp3) is 0.348. The Morgan fingerprint density at radius 1 is 1.00 bits per heavy atom. The second-order valence-electron chi connectivity index (χ2n) is 7.16. The molecule has 3 rings (SSSR count). The zero-order valence-electron chi connectivity index (χ0n) is 17.7. The molecule has 1 atom stereocenters. The van der Waals surface area contributed by atoms with Crippen LogP contribution < -0.4 is 25.2 Å². The van der Waals surface area contributed by atoms with Crippen molar-refractivity contribution in [3.63, 3.8) is 0 Å². The van der Waals surface area contributed by atoms with Gasteiger partial charge in [-0.15, -0.1) is 0 Å². The molecule has 1 fully saturated rings. The van der Waals surface area contributed by atoms with Gasteiger partial charge in [0.1, 0.15) is 11.5 Å². The summed E-state index contributed by atoms with van der Waals surface area (Å²) in [6.45, 7) is 4.74. The second-order valence-corrected chi connectivity index (χ2v) is 7.16. The Kier molecular flexibility index (Phi) is 7.48. The van der Waals surface area contributed by atoms with E-state index in [2.05, 4.69) is 10.9 Å². The van der Waals surface area contributed by atoms with Gasteiger partial charge in [0.05, 0.1) is 6.61 Å². The van der Waals surface area contributed by atoms with Crippen molar-refractivity contribution in [3.8, 4) is 11.5 Å². The van der Waals surface area contributed by atoms with E-state index in [0.717, 1.165) is 24.3 Å². The third kappa shape index (κ3) is 5.97. The number of piperidine rings is 1. The van der Waals surface area contributed by atoms with E-state index in [1.165, 1.54) is 0 Å². The summed E-state index contributed by atoms with van der Waals surface area (Å²) in [6, 6.07) is 13.6. The molecule has 1 saturated heterocycles. The van der Waals surface area contributed by atoms with Crippen LogP contribution in [0.15, 0.2) is 48.5 Å². The first-order chi connectivity index (χ1) is 15.0. The molecule has 1 aliphatic heterocycles. The molecule has 2 aromatic carbocycles. The monoisotopic (exact) mass is 425 g/mol.